The molecule has 0 saturated heterocycles. The number of fused-ring (bicyclic) bond motifs is 2. The molecule has 0 bridgehead atoms. The summed E-state index contributed by atoms with van der Waals surface area (Å²) >= 11 is 3.50. The lowest BCUT2D eigenvalue weighted by Crippen LogP contribution is -2.32. The standard InChI is InChI=1S/C35H33FN3S2/c1-4-39-32-24-30(40-5-2)17-19-33(32)41-34(39)20-13-26-10-8-9-25(35(26)38-21-6-7-22-38)11-15-29-16-12-27-23-28(36)14-18-31(27)37(29)3/h5-7,11-24H,2,4,8-10H2,1,3H3/q+1. The summed E-state index contributed by atoms with van der Waals surface area (Å²) in [5.41, 5.74) is 7.27. The van der Waals surface area contributed by atoms with Crippen LogP contribution in [0.5, 0.6) is 0 Å². The van der Waals surface area contributed by atoms with Gasteiger partial charge >= 0.3 is 0 Å². The number of allylic oxidation sites excluding steroid dienone is 6. The molecule has 206 valence electrons. The summed E-state index contributed by atoms with van der Waals surface area (Å²) < 4.78 is 18.1. The summed E-state index contributed by atoms with van der Waals surface area (Å²) in [6, 6.07) is 19.8. The molecular weight excluding hydrogens is 546 g/mol. The van der Waals surface area contributed by atoms with Crippen molar-refractivity contribution in [2.75, 3.05) is 11.4 Å². The highest BCUT2D eigenvalue weighted by Gasteiger charge is 2.24. The second-order valence-corrected chi connectivity index (χ2v) is 12.2. The van der Waals surface area contributed by atoms with Crippen molar-refractivity contribution in [3.63, 3.8) is 0 Å². The molecule has 1 aliphatic carbocycles. The molecule has 0 amide bonds. The van der Waals surface area contributed by atoms with Crippen molar-refractivity contribution in [2.45, 2.75) is 36.0 Å². The van der Waals surface area contributed by atoms with Gasteiger partial charge in [-0.2, -0.15) is 4.57 Å². The summed E-state index contributed by atoms with van der Waals surface area (Å²) in [5.74, 6) is -0.211. The Morgan fingerprint density at radius 2 is 1.88 bits per heavy atom. The van der Waals surface area contributed by atoms with Crippen LogP contribution in [-0.2, 0) is 7.05 Å². The summed E-state index contributed by atoms with van der Waals surface area (Å²) in [4.78, 5) is 4.91. The first-order valence-corrected chi connectivity index (χ1v) is 15.7. The number of benzene rings is 2. The zero-order valence-corrected chi connectivity index (χ0v) is 25.0. The summed E-state index contributed by atoms with van der Waals surface area (Å²) in [7, 11) is 2.04. The van der Waals surface area contributed by atoms with Crippen molar-refractivity contribution in [2.24, 2.45) is 7.05 Å². The molecule has 3 nitrogen and oxygen atoms in total. The molecule has 3 heterocycles. The number of aryl methyl sites for hydroxylation is 1. The van der Waals surface area contributed by atoms with Crippen molar-refractivity contribution in [1.82, 2.24) is 4.57 Å². The van der Waals surface area contributed by atoms with E-state index in [0.29, 0.717) is 0 Å². The zero-order valence-electron chi connectivity index (χ0n) is 23.4. The molecule has 0 atom stereocenters. The number of pyridine rings is 1. The lowest BCUT2D eigenvalue weighted by molar-refractivity contribution is -0.646. The molecule has 2 aromatic heterocycles. The number of halogens is 1. The molecule has 4 aromatic rings. The fraction of sp³-hybridized carbons (Fsp3) is 0.171. The van der Waals surface area contributed by atoms with Crippen LogP contribution in [0.4, 0.5) is 10.1 Å². The fourth-order valence-corrected chi connectivity index (χ4v) is 7.30. The lowest BCUT2D eigenvalue weighted by Gasteiger charge is -2.23. The number of hydrogen-bond acceptors (Lipinski definition) is 3. The van der Waals surface area contributed by atoms with Gasteiger partial charge in [-0.15, -0.1) is 0 Å². The first-order chi connectivity index (χ1) is 20.1. The minimum absolute atomic E-state index is 0.211. The monoisotopic (exact) mass is 578 g/mol. The van der Waals surface area contributed by atoms with E-state index >= 15 is 0 Å². The van der Waals surface area contributed by atoms with Crippen LogP contribution < -0.4 is 9.47 Å². The number of nitrogens with zero attached hydrogens (tertiary/aromatic N) is 3. The zero-order chi connectivity index (χ0) is 28.3. The van der Waals surface area contributed by atoms with E-state index < -0.39 is 0 Å². The third-order valence-electron chi connectivity index (χ3n) is 7.65. The number of thioether (sulfide) groups is 2. The van der Waals surface area contributed by atoms with E-state index in [9.17, 15) is 4.39 Å². The Labute approximate surface area is 250 Å². The van der Waals surface area contributed by atoms with E-state index in [1.165, 1.54) is 43.4 Å². The van der Waals surface area contributed by atoms with E-state index in [4.69, 9.17) is 0 Å². The van der Waals surface area contributed by atoms with Gasteiger partial charge in [-0.3, -0.25) is 0 Å². The molecule has 1 aliphatic heterocycles. The van der Waals surface area contributed by atoms with Crippen LogP contribution in [0.15, 0.2) is 129 Å². The summed E-state index contributed by atoms with van der Waals surface area (Å²) in [5, 5.41) is 4.04. The maximum absolute atomic E-state index is 13.7. The second-order valence-electron chi connectivity index (χ2n) is 10.1. The summed E-state index contributed by atoms with van der Waals surface area (Å²) in [6.45, 7) is 7.00. The predicted molar refractivity (Wildman–Crippen MR) is 173 cm³/mol. The van der Waals surface area contributed by atoms with E-state index in [0.717, 1.165) is 42.4 Å². The van der Waals surface area contributed by atoms with E-state index in [-0.39, 0.29) is 5.82 Å². The smallest absolute Gasteiger partial charge is 0.212 e. The Bertz CT molecular complexity index is 1740. The molecule has 41 heavy (non-hydrogen) atoms. The highest BCUT2D eigenvalue weighted by molar-refractivity contribution is 8.03. The van der Waals surface area contributed by atoms with Crippen LogP contribution in [0.3, 0.4) is 0 Å². The van der Waals surface area contributed by atoms with Gasteiger partial charge in [0.2, 0.25) is 11.2 Å². The second kappa shape index (κ2) is 12.0. The van der Waals surface area contributed by atoms with Crippen LogP contribution in [0, 0.1) is 5.82 Å². The van der Waals surface area contributed by atoms with Crippen LogP contribution in [0.2, 0.25) is 0 Å². The normalized spacial score (nSPS) is 17.4. The Hall–Kier alpha value is -3.74. The SMILES string of the molecule is C=CSc1ccc2c(c1)N(CC)C(=CC=C1CCCC(C=Cc3ccc4cc(F)ccc4[n+]3C)=C1n1cccc1)S2. The van der Waals surface area contributed by atoms with Crippen LogP contribution in [0.1, 0.15) is 31.9 Å². The lowest BCUT2D eigenvalue weighted by atomic mass is 9.90. The van der Waals surface area contributed by atoms with Crippen LogP contribution in [0.25, 0.3) is 22.7 Å². The summed E-state index contributed by atoms with van der Waals surface area (Å²) in [6.07, 6.45) is 16.5. The van der Waals surface area contributed by atoms with Gasteiger partial charge in [0.15, 0.2) is 0 Å². The van der Waals surface area contributed by atoms with E-state index in [2.05, 4.69) is 101 Å². The number of hydrogen-bond donors (Lipinski definition) is 0. The Kier molecular flexibility index (Phi) is 8.04. The van der Waals surface area contributed by atoms with Crippen molar-refractivity contribution in [3.8, 4) is 0 Å². The molecule has 2 aromatic carbocycles. The van der Waals surface area contributed by atoms with Gasteiger partial charge in [0.1, 0.15) is 12.9 Å². The molecule has 0 saturated carbocycles. The van der Waals surface area contributed by atoms with Gasteiger partial charge in [0, 0.05) is 52.3 Å². The molecule has 0 N–H and O–H groups in total. The van der Waals surface area contributed by atoms with Gasteiger partial charge in [0.25, 0.3) is 0 Å². The molecule has 2 aliphatic rings. The van der Waals surface area contributed by atoms with Gasteiger partial charge in [-0.1, -0.05) is 42.3 Å². The quantitative estimate of drug-likeness (QED) is 0.160. The van der Waals surface area contributed by atoms with Gasteiger partial charge in [-0.25, -0.2) is 4.39 Å². The average Bonchev–Trinajstić information content (AvgIpc) is 3.63. The Balaban J connectivity index is 1.36. The topological polar surface area (TPSA) is 12.1 Å². The Morgan fingerprint density at radius 1 is 1.02 bits per heavy atom. The van der Waals surface area contributed by atoms with Crippen molar-refractivity contribution >= 4 is 51.9 Å². The van der Waals surface area contributed by atoms with Crippen LogP contribution >= 0.6 is 23.5 Å². The molecule has 0 radical (unpaired) electrons. The molecule has 0 unspecified atom stereocenters. The number of aromatic nitrogens is 2. The third-order valence-corrected chi connectivity index (χ3v) is 9.48. The molecule has 0 spiro atoms. The molecule has 6 heteroatoms. The highest BCUT2D eigenvalue weighted by Crippen LogP contribution is 2.47. The molecule has 0 fully saturated rings. The van der Waals surface area contributed by atoms with Crippen molar-refractivity contribution < 1.29 is 8.96 Å². The molecular formula is C35H33FN3S2+. The minimum Gasteiger partial charge on any atom is -0.335 e. The number of anilines is 1. The van der Waals surface area contributed by atoms with Gasteiger partial charge in [-0.05, 0) is 97.3 Å². The van der Waals surface area contributed by atoms with Gasteiger partial charge in [0.05, 0.1) is 16.4 Å². The van der Waals surface area contributed by atoms with E-state index in [1.807, 2.05) is 36.4 Å². The maximum Gasteiger partial charge on any atom is 0.212 e. The van der Waals surface area contributed by atoms with E-state index in [1.54, 1.807) is 17.8 Å². The van der Waals surface area contributed by atoms with Crippen molar-refractivity contribution in [1.29, 1.82) is 0 Å². The average molecular weight is 579 g/mol. The van der Waals surface area contributed by atoms with Crippen molar-refractivity contribution in [3.05, 3.63) is 131 Å². The minimum atomic E-state index is -0.211. The fourth-order valence-electron chi connectivity index (χ4n) is 5.67. The largest absolute Gasteiger partial charge is 0.335 e. The first-order valence-electron chi connectivity index (χ1n) is 14.0. The molecule has 6 rings (SSSR count). The maximum atomic E-state index is 13.7. The first kappa shape index (κ1) is 27.4. The van der Waals surface area contributed by atoms with Crippen LogP contribution in [-0.4, -0.2) is 11.1 Å². The van der Waals surface area contributed by atoms with Gasteiger partial charge < -0.3 is 9.47 Å². The third kappa shape index (κ3) is 5.59. The number of rotatable bonds is 7. The Morgan fingerprint density at radius 3 is 2.68 bits per heavy atom. The highest BCUT2D eigenvalue weighted by atomic mass is 32.2. The predicted octanol–water partition coefficient (Wildman–Crippen LogP) is 9.35.